The minimum Gasteiger partial charge on any atom is -0.480 e. The smallest absolute Gasteiger partial charge is 0.480 e. The number of carboxylic acids is 1. The first kappa shape index (κ1) is 37.6. The first-order valence-electron chi connectivity index (χ1n) is 16.0. The van der Waals surface area contributed by atoms with Gasteiger partial charge in [-0.3, -0.25) is 14.4 Å². The van der Waals surface area contributed by atoms with Gasteiger partial charge >= 0.3 is 12.3 Å². The van der Waals surface area contributed by atoms with E-state index in [1.54, 1.807) is 36.4 Å². The molecule has 5 rings (SSSR count). The van der Waals surface area contributed by atoms with Gasteiger partial charge in [0.15, 0.2) is 5.82 Å². The van der Waals surface area contributed by atoms with Gasteiger partial charge in [-0.2, -0.15) is 0 Å². The topological polar surface area (TPSA) is 131 Å². The summed E-state index contributed by atoms with van der Waals surface area (Å²) in [4.78, 5) is 47.9. The lowest BCUT2D eigenvalue weighted by Crippen LogP contribution is -2.51. The molecule has 2 heterocycles. The highest BCUT2D eigenvalue weighted by Crippen LogP contribution is 2.31. The Bertz CT molecular complexity index is 2060. The third-order valence-electron chi connectivity index (χ3n) is 7.93. The first-order chi connectivity index (χ1) is 24.5. The van der Waals surface area contributed by atoms with Gasteiger partial charge in [-0.05, 0) is 59.4 Å². The summed E-state index contributed by atoms with van der Waals surface area (Å²) in [5, 5.41) is 14.5. The number of rotatable bonds is 11. The van der Waals surface area contributed by atoms with Crippen molar-refractivity contribution < 1.29 is 41.8 Å². The van der Waals surface area contributed by atoms with E-state index in [1.807, 2.05) is 26.8 Å². The maximum absolute atomic E-state index is 15.2. The number of thiophene rings is 1. The maximum Gasteiger partial charge on any atom is 0.573 e. The Morgan fingerprint density at radius 3 is 2.00 bits per heavy atom. The Labute approximate surface area is 300 Å². The third kappa shape index (κ3) is 9.57. The quantitative estimate of drug-likeness (QED) is 0.118. The van der Waals surface area contributed by atoms with Gasteiger partial charge in [0.1, 0.15) is 23.7 Å². The zero-order valence-corrected chi connectivity index (χ0v) is 29.2. The van der Waals surface area contributed by atoms with Crippen LogP contribution in [-0.4, -0.2) is 51.3 Å². The minimum absolute atomic E-state index is 0.0717. The fourth-order valence-corrected chi connectivity index (χ4v) is 6.06. The molecule has 270 valence electrons. The molecule has 0 aliphatic carbocycles. The highest BCUT2D eigenvalue weighted by molar-refractivity contribution is 7.14. The van der Waals surface area contributed by atoms with Gasteiger partial charge in [0.2, 0.25) is 5.91 Å². The van der Waals surface area contributed by atoms with Crippen molar-refractivity contribution in [2.75, 3.05) is 0 Å². The minimum atomic E-state index is -4.81. The summed E-state index contributed by atoms with van der Waals surface area (Å²) in [5.41, 5.74) is 2.72. The van der Waals surface area contributed by atoms with E-state index in [2.05, 4.69) is 25.3 Å². The van der Waals surface area contributed by atoms with Gasteiger partial charge in [-0.1, -0.05) is 69.3 Å². The second kappa shape index (κ2) is 15.3. The Hall–Kier alpha value is -5.63. The number of carbonyl (C=O) groups is 3. The largest absolute Gasteiger partial charge is 0.573 e. The fourth-order valence-electron chi connectivity index (χ4n) is 5.10. The number of hydrogen-bond acceptors (Lipinski definition) is 7. The van der Waals surface area contributed by atoms with Gasteiger partial charge in [0.05, 0.1) is 4.88 Å². The van der Waals surface area contributed by atoms with Crippen LogP contribution in [0.4, 0.5) is 17.6 Å². The second-order valence-electron chi connectivity index (χ2n) is 13.0. The van der Waals surface area contributed by atoms with Gasteiger partial charge in [-0.25, -0.2) is 14.4 Å². The molecule has 2 aromatic heterocycles. The molecule has 0 unspecified atom stereocenters. The summed E-state index contributed by atoms with van der Waals surface area (Å²) >= 11 is 1.32. The molecule has 2 amide bonds. The number of aromatic nitrogens is 2. The second-order valence-corrected chi connectivity index (χ2v) is 14.1. The lowest BCUT2D eigenvalue weighted by molar-refractivity contribution is -0.274. The van der Waals surface area contributed by atoms with Crippen molar-refractivity contribution in [3.63, 3.8) is 0 Å². The van der Waals surface area contributed by atoms with Crippen LogP contribution in [0.25, 0.3) is 33.6 Å². The molecular weight excluding hydrogens is 700 g/mol. The summed E-state index contributed by atoms with van der Waals surface area (Å²) in [6, 6.07) is 17.8. The number of carboxylic acid groups (broad SMARTS) is 1. The van der Waals surface area contributed by atoms with E-state index in [0.29, 0.717) is 38.5 Å². The molecule has 0 bridgehead atoms. The molecule has 0 saturated carbocycles. The zero-order chi connectivity index (χ0) is 37.8. The van der Waals surface area contributed by atoms with Crippen LogP contribution in [0.15, 0.2) is 91.3 Å². The van der Waals surface area contributed by atoms with Crippen molar-refractivity contribution in [1.82, 2.24) is 20.6 Å². The number of nitrogens with zero attached hydrogens (tertiary/aromatic N) is 2. The number of amides is 2. The number of hydrogen-bond donors (Lipinski definition) is 3. The fraction of sp³-hybridized carbons (Fsp3) is 0.237. The van der Waals surface area contributed by atoms with Crippen molar-refractivity contribution in [2.24, 2.45) is 0 Å². The predicted octanol–water partition coefficient (Wildman–Crippen LogP) is 7.80. The molecule has 14 heteroatoms. The summed E-state index contributed by atoms with van der Waals surface area (Å²) in [7, 11) is 0. The number of alkyl halides is 3. The van der Waals surface area contributed by atoms with Crippen LogP contribution in [-0.2, 0) is 21.4 Å². The van der Waals surface area contributed by atoms with Crippen LogP contribution < -0.4 is 15.4 Å². The SMILES string of the molecule is C[C@@H](NC(=O)[C@H](Cc1ccc(-c2ncc(-c3ccc(-c4ccc(OC(F)(F)F)cc4)cc3F)cn2)cc1)NC(=O)c1ccc(C(C)(C)C)s1)C(=O)O. The molecule has 0 aliphatic heterocycles. The number of benzene rings is 3. The van der Waals surface area contributed by atoms with E-state index in [9.17, 15) is 32.7 Å². The van der Waals surface area contributed by atoms with Gasteiger partial charge in [0, 0.05) is 40.4 Å². The molecule has 0 radical (unpaired) electrons. The van der Waals surface area contributed by atoms with Crippen LogP contribution in [0.3, 0.4) is 0 Å². The van der Waals surface area contributed by atoms with E-state index in [0.717, 1.165) is 17.0 Å². The lowest BCUT2D eigenvalue weighted by atomic mass is 9.95. The molecule has 9 nitrogen and oxygen atoms in total. The van der Waals surface area contributed by atoms with Crippen molar-refractivity contribution in [2.45, 2.75) is 58.0 Å². The number of aliphatic carboxylic acids is 1. The molecule has 5 aromatic rings. The Morgan fingerprint density at radius 2 is 1.44 bits per heavy atom. The van der Waals surface area contributed by atoms with Crippen molar-refractivity contribution in [3.05, 3.63) is 112 Å². The summed E-state index contributed by atoms with van der Waals surface area (Å²) in [5.74, 6) is -2.92. The van der Waals surface area contributed by atoms with E-state index in [4.69, 9.17) is 0 Å². The molecule has 0 saturated heterocycles. The molecule has 3 N–H and O–H groups in total. The molecule has 2 atom stereocenters. The van der Waals surface area contributed by atoms with Crippen molar-refractivity contribution >= 4 is 29.1 Å². The summed E-state index contributed by atoms with van der Waals surface area (Å²) in [6.07, 6.45) is -1.81. The van der Waals surface area contributed by atoms with Gasteiger partial charge < -0.3 is 20.5 Å². The predicted molar refractivity (Wildman–Crippen MR) is 188 cm³/mol. The van der Waals surface area contributed by atoms with Crippen LogP contribution in [0.1, 0.15) is 47.8 Å². The number of halogens is 4. The molecule has 3 aromatic carbocycles. The highest BCUT2D eigenvalue weighted by Gasteiger charge is 2.31. The lowest BCUT2D eigenvalue weighted by Gasteiger charge is -2.20. The average molecular weight is 735 g/mol. The normalized spacial score (nSPS) is 12.8. The molecule has 52 heavy (non-hydrogen) atoms. The third-order valence-corrected chi connectivity index (χ3v) is 9.43. The summed E-state index contributed by atoms with van der Waals surface area (Å²) < 4.78 is 56.4. The van der Waals surface area contributed by atoms with Crippen molar-refractivity contribution in [3.8, 4) is 39.4 Å². The number of nitrogens with one attached hydrogen (secondary N) is 2. The van der Waals surface area contributed by atoms with Gasteiger partial charge in [-0.15, -0.1) is 24.5 Å². The maximum atomic E-state index is 15.2. The average Bonchev–Trinajstić information content (AvgIpc) is 3.60. The Kier molecular flexibility index (Phi) is 11.1. The number of ether oxygens (including phenoxy) is 1. The Morgan fingerprint density at radius 1 is 0.827 bits per heavy atom. The standard InChI is InChI=1S/C38H34F4N4O5S/c1-21(36(49)50)45-34(47)30(46-35(48)31-15-16-32(52-31)37(2,3)4)17-22-5-7-24(8-6-22)33-43-19-26(20-44-33)28-14-11-25(18-29(28)39)23-9-12-27(13-10-23)51-38(40,41)42/h5-16,18-21,30H,17H2,1-4H3,(H,45,47)(H,46,48)(H,49,50)/t21-,30+/m1/s1. The number of carbonyl (C=O) groups excluding carboxylic acids is 2. The van der Waals surface area contributed by atoms with Crippen LogP contribution in [0, 0.1) is 5.82 Å². The highest BCUT2D eigenvalue weighted by atomic mass is 32.1. The van der Waals surface area contributed by atoms with Crippen LogP contribution >= 0.6 is 11.3 Å². The van der Waals surface area contributed by atoms with Crippen LogP contribution in [0.5, 0.6) is 5.75 Å². The van der Waals surface area contributed by atoms with E-state index in [1.165, 1.54) is 54.9 Å². The summed E-state index contributed by atoms with van der Waals surface area (Å²) in [6.45, 7) is 7.42. The zero-order valence-electron chi connectivity index (χ0n) is 28.4. The van der Waals surface area contributed by atoms with Gasteiger partial charge in [0.25, 0.3) is 5.91 Å². The van der Waals surface area contributed by atoms with E-state index < -0.39 is 42.0 Å². The monoisotopic (exact) mass is 734 g/mol. The molecule has 0 fully saturated rings. The van der Waals surface area contributed by atoms with Crippen molar-refractivity contribution in [1.29, 1.82) is 0 Å². The molecule has 0 spiro atoms. The van der Waals surface area contributed by atoms with Crippen LogP contribution in [0.2, 0.25) is 0 Å². The first-order valence-corrected chi connectivity index (χ1v) is 16.8. The van der Waals surface area contributed by atoms with E-state index >= 15 is 4.39 Å². The Balaban J connectivity index is 1.28. The van der Waals surface area contributed by atoms with E-state index in [-0.39, 0.29) is 23.1 Å². The molecule has 0 aliphatic rings. The molecular formula is C38H34F4N4O5S.